The SMILES string of the molecule is CC(C)(C)c1ccc(Oc2ccc(N)c(Cl)c2)nc1. The van der Waals surface area contributed by atoms with Crippen LogP contribution >= 0.6 is 11.6 Å². The van der Waals surface area contributed by atoms with Crippen LogP contribution in [0.1, 0.15) is 26.3 Å². The van der Waals surface area contributed by atoms with Crippen molar-refractivity contribution in [2.75, 3.05) is 5.73 Å². The van der Waals surface area contributed by atoms with E-state index >= 15 is 0 Å². The summed E-state index contributed by atoms with van der Waals surface area (Å²) in [6, 6.07) is 9.02. The zero-order chi connectivity index (χ0) is 14.0. The predicted molar refractivity (Wildman–Crippen MR) is 78.9 cm³/mol. The molecule has 0 atom stereocenters. The lowest BCUT2D eigenvalue weighted by Crippen LogP contribution is -2.11. The summed E-state index contributed by atoms with van der Waals surface area (Å²) in [5, 5.41) is 0.476. The molecule has 1 aromatic carbocycles. The minimum Gasteiger partial charge on any atom is -0.439 e. The Morgan fingerprint density at radius 1 is 1.16 bits per heavy atom. The van der Waals surface area contributed by atoms with E-state index in [1.807, 2.05) is 18.3 Å². The highest BCUT2D eigenvalue weighted by Gasteiger charge is 2.14. The highest BCUT2D eigenvalue weighted by Crippen LogP contribution is 2.28. The van der Waals surface area contributed by atoms with Gasteiger partial charge in [0.1, 0.15) is 5.75 Å². The van der Waals surface area contributed by atoms with Gasteiger partial charge in [0.25, 0.3) is 0 Å². The van der Waals surface area contributed by atoms with E-state index in [9.17, 15) is 0 Å². The number of rotatable bonds is 2. The molecule has 0 unspecified atom stereocenters. The molecule has 0 bridgehead atoms. The second kappa shape index (κ2) is 5.10. The van der Waals surface area contributed by atoms with Gasteiger partial charge >= 0.3 is 0 Å². The third-order valence-electron chi connectivity index (χ3n) is 2.80. The highest BCUT2D eigenvalue weighted by molar-refractivity contribution is 6.33. The van der Waals surface area contributed by atoms with Gasteiger partial charge in [0.2, 0.25) is 5.88 Å². The molecule has 0 spiro atoms. The number of halogens is 1. The summed E-state index contributed by atoms with van der Waals surface area (Å²) in [4.78, 5) is 4.30. The molecule has 2 N–H and O–H groups in total. The molecule has 3 nitrogen and oxygen atoms in total. The first-order chi connectivity index (χ1) is 8.86. The topological polar surface area (TPSA) is 48.1 Å². The number of aromatic nitrogens is 1. The summed E-state index contributed by atoms with van der Waals surface area (Å²) in [5.41, 5.74) is 7.42. The van der Waals surface area contributed by atoms with Crippen molar-refractivity contribution < 1.29 is 4.74 Å². The molecule has 2 aromatic rings. The molecular weight excluding hydrogens is 260 g/mol. The normalized spacial score (nSPS) is 11.4. The van der Waals surface area contributed by atoms with Crippen molar-refractivity contribution in [3.05, 3.63) is 47.1 Å². The van der Waals surface area contributed by atoms with Gasteiger partial charge < -0.3 is 10.5 Å². The number of nitrogen functional groups attached to an aromatic ring is 1. The number of hydrogen-bond donors (Lipinski definition) is 1. The van der Waals surface area contributed by atoms with Crippen LogP contribution in [0.2, 0.25) is 5.02 Å². The summed E-state index contributed by atoms with van der Waals surface area (Å²) in [6.45, 7) is 6.43. The fraction of sp³-hybridized carbons (Fsp3) is 0.267. The summed E-state index contributed by atoms with van der Waals surface area (Å²) >= 11 is 5.94. The average Bonchev–Trinajstić information content (AvgIpc) is 2.33. The maximum atomic E-state index is 5.94. The van der Waals surface area contributed by atoms with E-state index in [-0.39, 0.29) is 5.41 Å². The molecule has 0 saturated carbocycles. The molecule has 1 aromatic heterocycles. The van der Waals surface area contributed by atoms with Crippen molar-refractivity contribution in [1.82, 2.24) is 4.98 Å². The van der Waals surface area contributed by atoms with E-state index in [1.54, 1.807) is 18.2 Å². The second-order valence-corrected chi connectivity index (χ2v) is 5.83. The molecule has 0 fully saturated rings. The summed E-state index contributed by atoms with van der Waals surface area (Å²) in [6.07, 6.45) is 1.83. The molecular formula is C15H17ClN2O. The Morgan fingerprint density at radius 2 is 1.89 bits per heavy atom. The van der Waals surface area contributed by atoms with Crippen molar-refractivity contribution in [1.29, 1.82) is 0 Å². The number of benzene rings is 1. The van der Waals surface area contributed by atoms with Crippen LogP contribution in [0, 0.1) is 0 Å². The minimum absolute atomic E-state index is 0.0794. The van der Waals surface area contributed by atoms with Crippen LogP contribution in [0.5, 0.6) is 11.6 Å². The van der Waals surface area contributed by atoms with Crippen LogP contribution < -0.4 is 10.5 Å². The largest absolute Gasteiger partial charge is 0.439 e. The lowest BCUT2D eigenvalue weighted by molar-refractivity contribution is 0.461. The van der Waals surface area contributed by atoms with E-state index in [1.165, 1.54) is 0 Å². The number of nitrogens with zero attached hydrogens (tertiary/aromatic N) is 1. The maximum Gasteiger partial charge on any atom is 0.219 e. The standard InChI is InChI=1S/C15H17ClN2O/c1-15(2,3)10-4-7-14(18-9-10)19-11-5-6-13(17)12(16)8-11/h4-9H,17H2,1-3H3. The van der Waals surface area contributed by atoms with Gasteiger partial charge in [0, 0.05) is 18.3 Å². The number of anilines is 1. The van der Waals surface area contributed by atoms with Crippen LogP contribution in [0.4, 0.5) is 5.69 Å². The number of pyridine rings is 1. The zero-order valence-electron chi connectivity index (χ0n) is 11.3. The van der Waals surface area contributed by atoms with Gasteiger partial charge in [0.15, 0.2) is 0 Å². The molecule has 0 amide bonds. The molecule has 0 radical (unpaired) electrons. The quantitative estimate of drug-likeness (QED) is 0.827. The zero-order valence-corrected chi connectivity index (χ0v) is 12.0. The first kappa shape index (κ1) is 13.7. The fourth-order valence-corrected chi connectivity index (χ4v) is 1.75. The molecule has 0 aliphatic carbocycles. The summed E-state index contributed by atoms with van der Waals surface area (Å²) in [5.74, 6) is 1.16. The van der Waals surface area contributed by atoms with Crippen molar-refractivity contribution in [3.8, 4) is 11.6 Å². The monoisotopic (exact) mass is 276 g/mol. The first-order valence-corrected chi connectivity index (χ1v) is 6.43. The Bertz CT molecular complexity index is 574. The number of nitrogens with two attached hydrogens (primary N) is 1. The Labute approximate surface area is 118 Å². The van der Waals surface area contributed by atoms with Gasteiger partial charge in [-0.15, -0.1) is 0 Å². The van der Waals surface area contributed by atoms with Crippen molar-refractivity contribution in [2.45, 2.75) is 26.2 Å². The molecule has 0 saturated heterocycles. The fourth-order valence-electron chi connectivity index (χ4n) is 1.58. The van der Waals surface area contributed by atoms with Crippen molar-refractivity contribution >= 4 is 17.3 Å². The molecule has 2 rings (SSSR count). The number of hydrogen-bond acceptors (Lipinski definition) is 3. The second-order valence-electron chi connectivity index (χ2n) is 5.42. The first-order valence-electron chi connectivity index (χ1n) is 6.06. The average molecular weight is 277 g/mol. The Morgan fingerprint density at radius 3 is 2.42 bits per heavy atom. The maximum absolute atomic E-state index is 5.94. The molecule has 0 aliphatic rings. The van der Waals surface area contributed by atoms with Crippen LogP contribution in [-0.2, 0) is 5.41 Å². The molecule has 19 heavy (non-hydrogen) atoms. The van der Waals surface area contributed by atoms with Gasteiger partial charge in [-0.1, -0.05) is 38.4 Å². The Kier molecular flexibility index (Phi) is 3.67. The lowest BCUT2D eigenvalue weighted by atomic mass is 9.88. The molecule has 100 valence electrons. The van der Waals surface area contributed by atoms with Gasteiger partial charge in [-0.3, -0.25) is 0 Å². The Hall–Kier alpha value is -1.74. The van der Waals surface area contributed by atoms with Crippen molar-refractivity contribution in [3.63, 3.8) is 0 Å². The third kappa shape index (κ3) is 3.38. The van der Waals surface area contributed by atoms with Gasteiger partial charge in [-0.05, 0) is 23.1 Å². The van der Waals surface area contributed by atoms with E-state index in [0.717, 1.165) is 5.56 Å². The van der Waals surface area contributed by atoms with E-state index in [0.29, 0.717) is 22.3 Å². The van der Waals surface area contributed by atoms with Crippen LogP contribution in [-0.4, -0.2) is 4.98 Å². The smallest absolute Gasteiger partial charge is 0.219 e. The van der Waals surface area contributed by atoms with E-state index in [2.05, 4.69) is 25.8 Å². The number of ether oxygens (including phenoxy) is 1. The Balaban J connectivity index is 2.17. The van der Waals surface area contributed by atoms with Crippen molar-refractivity contribution in [2.24, 2.45) is 0 Å². The van der Waals surface area contributed by atoms with Crippen LogP contribution in [0.15, 0.2) is 36.5 Å². The van der Waals surface area contributed by atoms with Gasteiger partial charge in [-0.2, -0.15) is 0 Å². The van der Waals surface area contributed by atoms with E-state index < -0.39 is 0 Å². The lowest BCUT2D eigenvalue weighted by Gasteiger charge is -2.18. The van der Waals surface area contributed by atoms with Gasteiger partial charge in [-0.25, -0.2) is 4.98 Å². The predicted octanol–water partition coefficient (Wildman–Crippen LogP) is 4.41. The van der Waals surface area contributed by atoms with Crippen LogP contribution in [0.25, 0.3) is 0 Å². The molecule has 4 heteroatoms. The molecule has 1 heterocycles. The third-order valence-corrected chi connectivity index (χ3v) is 3.12. The minimum atomic E-state index is 0.0794. The summed E-state index contributed by atoms with van der Waals surface area (Å²) in [7, 11) is 0. The van der Waals surface area contributed by atoms with E-state index in [4.69, 9.17) is 22.1 Å². The highest BCUT2D eigenvalue weighted by atomic mass is 35.5. The summed E-state index contributed by atoms with van der Waals surface area (Å²) < 4.78 is 5.63. The van der Waals surface area contributed by atoms with Gasteiger partial charge in [0.05, 0.1) is 10.7 Å². The molecule has 0 aliphatic heterocycles. The van der Waals surface area contributed by atoms with Crippen LogP contribution in [0.3, 0.4) is 0 Å².